The number of rotatable bonds is 3. The SMILES string of the molecule is Cc1cc(=O)[nH]cc1C(=O)N1CCN(Cc2cccc(F)c2)CC1. The van der Waals surface area contributed by atoms with Gasteiger partial charge in [0, 0.05) is 45.0 Å². The molecule has 5 nitrogen and oxygen atoms in total. The fraction of sp³-hybridized carbons (Fsp3) is 0.333. The van der Waals surface area contributed by atoms with Gasteiger partial charge in [-0.15, -0.1) is 0 Å². The molecular formula is C18H20FN3O2. The number of benzene rings is 1. The Morgan fingerprint density at radius 2 is 1.96 bits per heavy atom. The number of nitrogens with one attached hydrogen (secondary N) is 1. The number of aromatic amines is 1. The Hall–Kier alpha value is -2.47. The first-order valence-electron chi connectivity index (χ1n) is 7.98. The zero-order valence-electron chi connectivity index (χ0n) is 13.6. The Balaban J connectivity index is 1.60. The van der Waals surface area contributed by atoms with Gasteiger partial charge in [-0.05, 0) is 30.2 Å². The minimum atomic E-state index is -0.227. The van der Waals surface area contributed by atoms with E-state index in [4.69, 9.17) is 0 Å². The maximum absolute atomic E-state index is 13.2. The lowest BCUT2D eigenvalue weighted by Crippen LogP contribution is -2.48. The number of piperazine rings is 1. The van der Waals surface area contributed by atoms with E-state index in [1.54, 1.807) is 24.0 Å². The van der Waals surface area contributed by atoms with Gasteiger partial charge in [0.05, 0.1) is 5.56 Å². The summed E-state index contributed by atoms with van der Waals surface area (Å²) in [4.78, 5) is 30.4. The molecule has 1 fully saturated rings. The molecule has 1 aromatic heterocycles. The second-order valence-electron chi connectivity index (χ2n) is 6.09. The average Bonchev–Trinajstić information content (AvgIpc) is 2.55. The van der Waals surface area contributed by atoms with E-state index >= 15 is 0 Å². The van der Waals surface area contributed by atoms with E-state index in [9.17, 15) is 14.0 Å². The normalized spacial score (nSPS) is 15.5. The number of H-pyrrole nitrogens is 1. The van der Waals surface area contributed by atoms with Gasteiger partial charge in [-0.2, -0.15) is 0 Å². The first-order valence-corrected chi connectivity index (χ1v) is 7.98. The van der Waals surface area contributed by atoms with E-state index < -0.39 is 0 Å². The molecule has 6 heteroatoms. The predicted molar refractivity (Wildman–Crippen MR) is 89.4 cm³/mol. The standard InChI is InChI=1S/C18H20FN3O2/c1-13-9-17(23)20-11-16(13)18(24)22-7-5-21(6-8-22)12-14-3-2-4-15(19)10-14/h2-4,9-11H,5-8,12H2,1H3,(H,20,23). The largest absolute Gasteiger partial charge is 0.336 e. The van der Waals surface area contributed by atoms with E-state index in [-0.39, 0.29) is 17.3 Å². The van der Waals surface area contributed by atoms with Crippen molar-refractivity contribution >= 4 is 5.91 Å². The molecule has 24 heavy (non-hydrogen) atoms. The molecule has 0 radical (unpaired) electrons. The molecule has 0 aliphatic carbocycles. The van der Waals surface area contributed by atoms with Gasteiger partial charge < -0.3 is 9.88 Å². The van der Waals surface area contributed by atoms with Crippen molar-refractivity contribution in [3.05, 3.63) is 69.4 Å². The molecular weight excluding hydrogens is 309 g/mol. The van der Waals surface area contributed by atoms with Crippen LogP contribution >= 0.6 is 0 Å². The summed E-state index contributed by atoms with van der Waals surface area (Å²) in [6.07, 6.45) is 1.49. The summed E-state index contributed by atoms with van der Waals surface area (Å²) in [5.74, 6) is -0.288. The summed E-state index contributed by atoms with van der Waals surface area (Å²) in [6.45, 7) is 5.16. The topological polar surface area (TPSA) is 56.4 Å². The zero-order chi connectivity index (χ0) is 17.1. The Morgan fingerprint density at radius 3 is 2.62 bits per heavy atom. The van der Waals surface area contributed by atoms with Crippen LogP contribution < -0.4 is 5.56 Å². The molecule has 3 rings (SSSR count). The average molecular weight is 329 g/mol. The Bertz CT molecular complexity index is 795. The number of halogens is 1. The van der Waals surface area contributed by atoms with E-state index in [1.807, 2.05) is 6.07 Å². The summed E-state index contributed by atoms with van der Waals surface area (Å²) in [6, 6.07) is 8.04. The summed E-state index contributed by atoms with van der Waals surface area (Å²) >= 11 is 0. The number of carbonyl (C=O) groups excluding carboxylic acids is 1. The maximum atomic E-state index is 13.2. The number of carbonyl (C=O) groups is 1. The van der Waals surface area contributed by atoms with Crippen LogP contribution in [0.15, 0.2) is 41.3 Å². The molecule has 1 aliphatic rings. The van der Waals surface area contributed by atoms with Crippen LogP contribution in [0.5, 0.6) is 0 Å². The molecule has 1 N–H and O–H groups in total. The van der Waals surface area contributed by atoms with Crippen LogP contribution in [0.3, 0.4) is 0 Å². The maximum Gasteiger partial charge on any atom is 0.255 e. The number of nitrogens with zero attached hydrogens (tertiary/aromatic N) is 2. The van der Waals surface area contributed by atoms with Crippen LogP contribution in [0.4, 0.5) is 4.39 Å². The van der Waals surface area contributed by atoms with Gasteiger partial charge in [-0.1, -0.05) is 12.1 Å². The number of pyridine rings is 1. The van der Waals surface area contributed by atoms with Crippen molar-refractivity contribution in [2.24, 2.45) is 0 Å². The first-order chi connectivity index (χ1) is 11.5. The van der Waals surface area contributed by atoms with Crippen LogP contribution in [-0.2, 0) is 6.54 Å². The van der Waals surface area contributed by atoms with Crippen LogP contribution in [0, 0.1) is 12.7 Å². The quantitative estimate of drug-likeness (QED) is 0.934. The van der Waals surface area contributed by atoms with Gasteiger partial charge in [-0.25, -0.2) is 4.39 Å². The zero-order valence-corrected chi connectivity index (χ0v) is 13.6. The van der Waals surface area contributed by atoms with E-state index in [0.717, 1.165) is 18.7 Å². The number of aryl methyl sites for hydroxylation is 1. The van der Waals surface area contributed by atoms with Gasteiger partial charge in [0.25, 0.3) is 5.91 Å². The third-order valence-corrected chi connectivity index (χ3v) is 4.32. The van der Waals surface area contributed by atoms with Crippen molar-refractivity contribution in [1.29, 1.82) is 0 Å². The minimum Gasteiger partial charge on any atom is -0.336 e. The third kappa shape index (κ3) is 3.71. The molecule has 1 saturated heterocycles. The number of hydrogen-bond donors (Lipinski definition) is 1. The summed E-state index contributed by atoms with van der Waals surface area (Å²) in [5.41, 5.74) is 1.95. The van der Waals surface area contributed by atoms with Crippen LogP contribution in [0.2, 0.25) is 0 Å². The van der Waals surface area contributed by atoms with Gasteiger partial charge >= 0.3 is 0 Å². The second-order valence-corrected chi connectivity index (χ2v) is 6.09. The highest BCUT2D eigenvalue weighted by atomic mass is 19.1. The summed E-state index contributed by atoms with van der Waals surface area (Å²) in [5, 5.41) is 0. The van der Waals surface area contributed by atoms with E-state index in [0.29, 0.717) is 30.8 Å². The van der Waals surface area contributed by atoms with Crippen molar-refractivity contribution in [3.63, 3.8) is 0 Å². The molecule has 2 aromatic rings. The molecule has 1 aliphatic heterocycles. The summed E-state index contributed by atoms with van der Waals surface area (Å²) < 4.78 is 13.2. The van der Waals surface area contributed by atoms with Crippen LogP contribution in [0.1, 0.15) is 21.5 Å². The highest BCUT2D eigenvalue weighted by Crippen LogP contribution is 2.13. The Labute approximate surface area is 139 Å². The Kier molecular flexibility index (Phi) is 4.76. The highest BCUT2D eigenvalue weighted by Gasteiger charge is 2.23. The molecule has 1 amide bonds. The Morgan fingerprint density at radius 1 is 1.21 bits per heavy atom. The molecule has 0 atom stereocenters. The van der Waals surface area contributed by atoms with Crippen LogP contribution in [-0.4, -0.2) is 46.9 Å². The minimum absolute atomic E-state index is 0.0610. The van der Waals surface area contributed by atoms with Crippen molar-refractivity contribution in [2.45, 2.75) is 13.5 Å². The molecule has 2 heterocycles. The molecule has 1 aromatic carbocycles. The number of amides is 1. The lowest BCUT2D eigenvalue weighted by Gasteiger charge is -2.35. The molecule has 0 saturated carbocycles. The lowest BCUT2D eigenvalue weighted by atomic mass is 10.1. The summed E-state index contributed by atoms with van der Waals surface area (Å²) in [7, 11) is 0. The van der Waals surface area contributed by atoms with Gasteiger partial charge in [-0.3, -0.25) is 14.5 Å². The number of hydrogen-bond acceptors (Lipinski definition) is 3. The first kappa shape index (κ1) is 16.4. The molecule has 0 bridgehead atoms. The van der Waals surface area contributed by atoms with Crippen molar-refractivity contribution in [3.8, 4) is 0 Å². The highest BCUT2D eigenvalue weighted by molar-refractivity contribution is 5.95. The van der Waals surface area contributed by atoms with E-state index in [2.05, 4.69) is 9.88 Å². The second kappa shape index (κ2) is 6.97. The van der Waals surface area contributed by atoms with Crippen molar-refractivity contribution < 1.29 is 9.18 Å². The molecule has 126 valence electrons. The van der Waals surface area contributed by atoms with Gasteiger partial charge in [0.15, 0.2) is 0 Å². The smallest absolute Gasteiger partial charge is 0.255 e. The third-order valence-electron chi connectivity index (χ3n) is 4.32. The fourth-order valence-corrected chi connectivity index (χ4v) is 2.98. The van der Waals surface area contributed by atoms with Gasteiger partial charge in [0.2, 0.25) is 5.56 Å². The molecule has 0 spiro atoms. The van der Waals surface area contributed by atoms with Crippen molar-refractivity contribution in [1.82, 2.24) is 14.8 Å². The number of aromatic nitrogens is 1. The monoisotopic (exact) mass is 329 g/mol. The fourth-order valence-electron chi connectivity index (χ4n) is 2.98. The predicted octanol–water partition coefficient (Wildman–Crippen LogP) is 1.78. The van der Waals surface area contributed by atoms with Crippen molar-refractivity contribution in [2.75, 3.05) is 26.2 Å². The van der Waals surface area contributed by atoms with Gasteiger partial charge in [0.1, 0.15) is 5.82 Å². The molecule has 0 unspecified atom stereocenters. The van der Waals surface area contributed by atoms with Crippen LogP contribution in [0.25, 0.3) is 0 Å². The van der Waals surface area contributed by atoms with E-state index in [1.165, 1.54) is 18.3 Å². The lowest BCUT2D eigenvalue weighted by molar-refractivity contribution is 0.0627.